The first-order chi connectivity index (χ1) is 7.01. The second kappa shape index (κ2) is 5.85. The molecule has 3 nitrogen and oxygen atoms in total. The molecule has 0 saturated heterocycles. The lowest BCUT2D eigenvalue weighted by molar-refractivity contribution is 0.274. The molecule has 1 rings (SSSR count). The molecule has 90 valence electrons. The SMILES string of the molecule is CCCCC1CCC(CS(N)(=O)=O)CC1. The van der Waals surface area contributed by atoms with E-state index in [-0.39, 0.29) is 5.75 Å². The van der Waals surface area contributed by atoms with Crippen LogP contribution in [0.4, 0.5) is 0 Å². The molecule has 2 N–H and O–H groups in total. The van der Waals surface area contributed by atoms with E-state index in [1.54, 1.807) is 0 Å². The van der Waals surface area contributed by atoms with Crippen molar-refractivity contribution in [3.05, 3.63) is 0 Å². The largest absolute Gasteiger partial charge is 0.229 e. The van der Waals surface area contributed by atoms with Crippen LogP contribution >= 0.6 is 0 Å². The maximum atomic E-state index is 10.9. The number of primary sulfonamides is 1. The zero-order chi connectivity index (χ0) is 11.3. The molecule has 0 unspecified atom stereocenters. The van der Waals surface area contributed by atoms with Crippen molar-refractivity contribution < 1.29 is 8.42 Å². The van der Waals surface area contributed by atoms with Gasteiger partial charge in [0.1, 0.15) is 0 Å². The summed E-state index contributed by atoms with van der Waals surface area (Å²) in [4.78, 5) is 0. The van der Waals surface area contributed by atoms with Gasteiger partial charge in [-0.05, 0) is 24.7 Å². The van der Waals surface area contributed by atoms with Gasteiger partial charge in [0.2, 0.25) is 10.0 Å². The molecule has 0 bridgehead atoms. The molecule has 0 aromatic heterocycles. The van der Waals surface area contributed by atoms with Gasteiger partial charge in [0.15, 0.2) is 0 Å². The van der Waals surface area contributed by atoms with Crippen molar-refractivity contribution in [3.8, 4) is 0 Å². The summed E-state index contributed by atoms with van der Waals surface area (Å²) in [5.41, 5.74) is 0. The quantitative estimate of drug-likeness (QED) is 0.792. The molecule has 0 heterocycles. The fraction of sp³-hybridized carbons (Fsp3) is 1.00. The summed E-state index contributed by atoms with van der Waals surface area (Å²) >= 11 is 0. The predicted molar refractivity (Wildman–Crippen MR) is 62.9 cm³/mol. The second-order valence-electron chi connectivity index (χ2n) is 4.86. The topological polar surface area (TPSA) is 60.2 Å². The van der Waals surface area contributed by atoms with Crippen LogP contribution in [0.1, 0.15) is 51.9 Å². The molecular weight excluding hydrogens is 210 g/mol. The Labute approximate surface area is 93.5 Å². The Kier molecular flexibility index (Phi) is 5.06. The summed E-state index contributed by atoms with van der Waals surface area (Å²) in [5, 5.41) is 5.05. The van der Waals surface area contributed by atoms with Crippen LogP contribution < -0.4 is 5.14 Å². The molecule has 1 aliphatic rings. The average molecular weight is 233 g/mol. The fourth-order valence-electron chi connectivity index (χ4n) is 2.51. The summed E-state index contributed by atoms with van der Waals surface area (Å²) in [5.74, 6) is 1.34. The Morgan fingerprint density at radius 3 is 2.13 bits per heavy atom. The van der Waals surface area contributed by atoms with Crippen molar-refractivity contribution in [3.63, 3.8) is 0 Å². The van der Waals surface area contributed by atoms with E-state index in [1.165, 1.54) is 32.1 Å². The molecule has 0 radical (unpaired) electrons. The molecule has 0 aromatic carbocycles. The van der Waals surface area contributed by atoms with E-state index in [0.717, 1.165) is 18.8 Å². The Balaban J connectivity index is 2.24. The highest BCUT2D eigenvalue weighted by molar-refractivity contribution is 7.89. The summed E-state index contributed by atoms with van der Waals surface area (Å²) in [6.07, 6.45) is 8.37. The van der Waals surface area contributed by atoms with Crippen molar-refractivity contribution in [2.75, 3.05) is 5.75 Å². The second-order valence-corrected chi connectivity index (χ2v) is 6.52. The van der Waals surface area contributed by atoms with E-state index in [2.05, 4.69) is 6.92 Å². The monoisotopic (exact) mass is 233 g/mol. The summed E-state index contributed by atoms with van der Waals surface area (Å²) in [6, 6.07) is 0. The minimum absolute atomic E-state index is 0.188. The first-order valence-corrected chi connectivity index (χ1v) is 7.73. The van der Waals surface area contributed by atoms with Gasteiger partial charge in [-0.2, -0.15) is 0 Å². The van der Waals surface area contributed by atoms with Crippen LogP contribution in [0.5, 0.6) is 0 Å². The van der Waals surface area contributed by atoms with Crippen LogP contribution in [-0.4, -0.2) is 14.2 Å². The molecule has 4 heteroatoms. The predicted octanol–water partition coefficient (Wildman–Crippen LogP) is 2.27. The molecule has 0 atom stereocenters. The Morgan fingerprint density at radius 2 is 1.67 bits per heavy atom. The zero-order valence-electron chi connectivity index (χ0n) is 9.61. The first-order valence-electron chi connectivity index (χ1n) is 6.01. The minimum Gasteiger partial charge on any atom is -0.229 e. The molecule has 1 saturated carbocycles. The smallest absolute Gasteiger partial charge is 0.209 e. The van der Waals surface area contributed by atoms with Crippen LogP contribution in [0, 0.1) is 11.8 Å². The van der Waals surface area contributed by atoms with Crippen LogP contribution in [0.25, 0.3) is 0 Å². The van der Waals surface area contributed by atoms with Gasteiger partial charge >= 0.3 is 0 Å². The van der Waals surface area contributed by atoms with Gasteiger partial charge in [-0.25, -0.2) is 13.6 Å². The van der Waals surface area contributed by atoms with Crippen molar-refractivity contribution in [2.24, 2.45) is 17.0 Å². The van der Waals surface area contributed by atoms with Gasteiger partial charge in [0.25, 0.3) is 0 Å². The fourth-order valence-corrected chi connectivity index (χ4v) is 3.50. The molecule has 0 aliphatic heterocycles. The molecule has 1 fully saturated rings. The van der Waals surface area contributed by atoms with Crippen molar-refractivity contribution in [1.29, 1.82) is 0 Å². The lowest BCUT2D eigenvalue weighted by atomic mass is 9.80. The van der Waals surface area contributed by atoms with Gasteiger partial charge < -0.3 is 0 Å². The highest BCUT2D eigenvalue weighted by atomic mass is 32.2. The van der Waals surface area contributed by atoms with Crippen molar-refractivity contribution >= 4 is 10.0 Å². The Morgan fingerprint density at radius 1 is 1.13 bits per heavy atom. The maximum Gasteiger partial charge on any atom is 0.209 e. The first kappa shape index (κ1) is 13.0. The van der Waals surface area contributed by atoms with E-state index in [0.29, 0.717) is 5.92 Å². The van der Waals surface area contributed by atoms with Gasteiger partial charge in [0, 0.05) is 0 Å². The summed E-state index contributed by atoms with van der Waals surface area (Å²) in [7, 11) is -3.26. The maximum absolute atomic E-state index is 10.9. The molecule has 0 amide bonds. The van der Waals surface area contributed by atoms with E-state index in [4.69, 9.17) is 5.14 Å². The van der Waals surface area contributed by atoms with Crippen molar-refractivity contribution in [2.45, 2.75) is 51.9 Å². The number of unbranched alkanes of at least 4 members (excludes halogenated alkanes) is 1. The minimum atomic E-state index is -3.26. The number of nitrogens with two attached hydrogens (primary N) is 1. The molecular formula is C11H23NO2S. The molecule has 0 aromatic rings. The number of rotatable bonds is 5. The lowest BCUT2D eigenvalue weighted by Gasteiger charge is -2.27. The third-order valence-corrected chi connectivity index (χ3v) is 4.34. The van der Waals surface area contributed by atoms with Crippen LogP contribution in [0.2, 0.25) is 0 Å². The molecule has 15 heavy (non-hydrogen) atoms. The van der Waals surface area contributed by atoms with Gasteiger partial charge in [0.05, 0.1) is 5.75 Å². The molecule has 1 aliphatic carbocycles. The molecule has 0 spiro atoms. The van der Waals surface area contributed by atoms with E-state index >= 15 is 0 Å². The average Bonchev–Trinajstić information content (AvgIpc) is 2.14. The number of hydrogen-bond donors (Lipinski definition) is 1. The normalized spacial score (nSPS) is 27.9. The Hall–Kier alpha value is -0.0900. The third-order valence-electron chi connectivity index (χ3n) is 3.40. The van der Waals surface area contributed by atoms with Gasteiger partial charge in [-0.3, -0.25) is 0 Å². The lowest BCUT2D eigenvalue weighted by Crippen LogP contribution is -2.26. The highest BCUT2D eigenvalue weighted by Crippen LogP contribution is 2.32. The number of hydrogen-bond acceptors (Lipinski definition) is 2. The highest BCUT2D eigenvalue weighted by Gasteiger charge is 2.23. The summed E-state index contributed by atoms with van der Waals surface area (Å²) < 4.78 is 21.9. The summed E-state index contributed by atoms with van der Waals surface area (Å²) in [6.45, 7) is 2.21. The van der Waals surface area contributed by atoms with Gasteiger partial charge in [-0.15, -0.1) is 0 Å². The van der Waals surface area contributed by atoms with Crippen LogP contribution in [-0.2, 0) is 10.0 Å². The van der Waals surface area contributed by atoms with E-state index in [9.17, 15) is 8.42 Å². The third kappa shape index (κ3) is 5.52. The van der Waals surface area contributed by atoms with E-state index in [1.807, 2.05) is 0 Å². The van der Waals surface area contributed by atoms with Crippen LogP contribution in [0.3, 0.4) is 0 Å². The number of sulfonamides is 1. The standard InChI is InChI=1S/C11H23NO2S/c1-2-3-4-10-5-7-11(8-6-10)9-15(12,13)14/h10-11H,2-9H2,1H3,(H2,12,13,14). The van der Waals surface area contributed by atoms with Gasteiger partial charge in [-0.1, -0.05) is 39.0 Å². The van der Waals surface area contributed by atoms with Crippen LogP contribution in [0.15, 0.2) is 0 Å². The van der Waals surface area contributed by atoms with E-state index < -0.39 is 10.0 Å². The zero-order valence-corrected chi connectivity index (χ0v) is 10.4. The van der Waals surface area contributed by atoms with Crippen molar-refractivity contribution in [1.82, 2.24) is 0 Å². The Bertz CT molecular complexity index is 266.